The number of carbonyl (C=O) groups excluding carboxylic acids is 1. The molecule has 2 aliphatic rings. The molecule has 5 heteroatoms. The summed E-state index contributed by atoms with van der Waals surface area (Å²) in [4.78, 5) is 12.7. The van der Waals surface area contributed by atoms with E-state index in [1.54, 1.807) is 12.1 Å². The number of aliphatic hydroxyl groups excluding tert-OH is 2. The second-order valence-corrected chi connectivity index (χ2v) is 7.37. The van der Waals surface area contributed by atoms with Crippen molar-refractivity contribution in [2.45, 2.75) is 44.6 Å². The summed E-state index contributed by atoms with van der Waals surface area (Å²) in [6, 6.07) is 3.40. The van der Waals surface area contributed by atoms with Crippen LogP contribution in [0.3, 0.4) is 0 Å². The fourth-order valence-corrected chi connectivity index (χ4v) is 4.67. The van der Waals surface area contributed by atoms with Crippen molar-refractivity contribution in [2.24, 2.45) is 11.3 Å². The zero-order valence-corrected chi connectivity index (χ0v) is 13.8. The maximum absolute atomic E-state index is 12.7. The number of fused-ring (bicyclic) bond motifs is 3. The third-order valence-electron chi connectivity index (χ3n) is 6.22. The third-order valence-corrected chi connectivity index (χ3v) is 6.22. The largest absolute Gasteiger partial charge is 0.504 e. The SMILES string of the molecule is COc1ccc2c(c1O)C(=O)C[C@H]1[C@@](C)(CO)CC[C@@H](O)[C@]21C. The van der Waals surface area contributed by atoms with Crippen molar-refractivity contribution in [2.75, 3.05) is 13.7 Å². The summed E-state index contributed by atoms with van der Waals surface area (Å²) in [5, 5.41) is 31.0. The van der Waals surface area contributed by atoms with Crippen LogP contribution in [-0.4, -0.2) is 40.9 Å². The Bertz CT molecular complexity index is 655. The van der Waals surface area contributed by atoms with Crippen LogP contribution >= 0.6 is 0 Å². The first-order valence-electron chi connectivity index (χ1n) is 8.02. The lowest BCUT2D eigenvalue weighted by Gasteiger charge is -2.56. The number of hydrogen-bond donors (Lipinski definition) is 3. The normalized spacial score (nSPS) is 36.3. The first-order chi connectivity index (χ1) is 10.8. The summed E-state index contributed by atoms with van der Waals surface area (Å²) >= 11 is 0. The Morgan fingerprint density at radius 2 is 2.04 bits per heavy atom. The predicted molar refractivity (Wildman–Crippen MR) is 84.9 cm³/mol. The fourth-order valence-electron chi connectivity index (χ4n) is 4.67. The molecule has 0 heterocycles. The zero-order chi connectivity index (χ0) is 17.0. The molecule has 1 fully saturated rings. The molecule has 0 spiro atoms. The Morgan fingerprint density at radius 3 is 2.65 bits per heavy atom. The number of phenols is 1. The van der Waals surface area contributed by atoms with Gasteiger partial charge in [-0.2, -0.15) is 0 Å². The molecule has 4 atom stereocenters. The molecule has 0 aromatic heterocycles. The standard InChI is InChI=1S/C18H24O5/c1-17(9-19)7-6-14(21)18(2)10-4-5-12(23-3)16(22)15(10)11(20)8-13(17)18/h4-5,13-14,19,21-22H,6-9H2,1-3H3/t13-,14+,17+,18+/m0/s1. The summed E-state index contributed by atoms with van der Waals surface area (Å²) in [5.41, 5.74) is -0.187. The molecule has 0 amide bonds. The molecule has 126 valence electrons. The van der Waals surface area contributed by atoms with Crippen LogP contribution < -0.4 is 4.74 Å². The van der Waals surface area contributed by atoms with E-state index in [0.29, 0.717) is 18.4 Å². The van der Waals surface area contributed by atoms with Gasteiger partial charge < -0.3 is 20.1 Å². The highest BCUT2D eigenvalue weighted by Gasteiger charge is 2.58. The Hall–Kier alpha value is -1.59. The molecular weight excluding hydrogens is 296 g/mol. The van der Waals surface area contributed by atoms with E-state index < -0.39 is 16.9 Å². The van der Waals surface area contributed by atoms with Crippen molar-refractivity contribution in [3.05, 3.63) is 23.3 Å². The van der Waals surface area contributed by atoms with Crippen LogP contribution in [0, 0.1) is 11.3 Å². The Kier molecular flexibility index (Phi) is 3.69. The first-order valence-corrected chi connectivity index (χ1v) is 8.02. The third kappa shape index (κ3) is 2.03. The number of rotatable bonds is 2. The topological polar surface area (TPSA) is 87.0 Å². The van der Waals surface area contributed by atoms with E-state index in [1.165, 1.54) is 7.11 Å². The molecule has 1 aromatic carbocycles. The molecule has 0 saturated heterocycles. The molecule has 1 saturated carbocycles. The number of methoxy groups -OCH3 is 1. The number of carbonyl (C=O) groups is 1. The number of ether oxygens (including phenoxy) is 1. The highest BCUT2D eigenvalue weighted by molar-refractivity contribution is 6.02. The van der Waals surface area contributed by atoms with Crippen molar-refractivity contribution >= 4 is 5.78 Å². The lowest BCUT2D eigenvalue weighted by atomic mass is 9.48. The summed E-state index contributed by atoms with van der Waals surface area (Å²) in [6.07, 6.45) is 0.824. The average molecular weight is 320 g/mol. The predicted octanol–water partition coefficient (Wildman–Crippen LogP) is 2.01. The Labute approximate surface area is 135 Å². The van der Waals surface area contributed by atoms with E-state index in [9.17, 15) is 20.1 Å². The number of hydrogen-bond acceptors (Lipinski definition) is 5. The summed E-state index contributed by atoms with van der Waals surface area (Å²) in [7, 11) is 1.44. The first kappa shape index (κ1) is 16.3. The average Bonchev–Trinajstić information content (AvgIpc) is 2.54. The highest BCUT2D eigenvalue weighted by atomic mass is 16.5. The lowest BCUT2D eigenvalue weighted by Crippen LogP contribution is -2.58. The van der Waals surface area contributed by atoms with Crippen molar-refractivity contribution in [1.82, 2.24) is 0 Å². The highest BCUT2D eigenvalue weighted by Crippen LogP contribution is 2.58. The van der Waals surface area contributed by atoms with Gasteiger partial charge in [-0.3, -0.25) is 4.79 Å². The van der Waals surface area contributed by atoms with E-state index in [0.717, 1.165) is 0 Å². The summed E-state index contributed by atoms with van der Waals surface area (Å²) in [5.74, 6) is -0.225. The van der Waals surface area contributed by atoms with Gasteiger partial charge in [-0.15, -0.1) is 0 Å². The van der Waals surface area contributed by atoms with Crippen LogP contribution in [0.4, 0.5) is 0 Å². The van der Waals surface area contributed by atoms with Crippen molar-refractivity contribution in [3.63, 3.8) is 0 Å². The van der Waals surface area contributed by atoms with E-state index in [2.05, 4.69) is 0 Å². The molecule has 1 aromatic rings. The maximum atomic E-state index is 12.7. The molecule has 2 aliphatic carbocycles. The van der Waals surface area contributed by atoms with Gasteiger partial charge in [-0.25, -0.2) is 0 Å². The molecule has 0 aliphatic heterocycles. The monoisotopic (exact) mass is 320 g/mol. The molecule has 0 bridgehead atoms. The summed E-state index contributed by atoms with van der Waals surface area (Å²) < 4.78 is 5.11. The van der Waals surface area contributed by atoms with Gasteiger partial charge in [0.25, 0.3) is 0 Å². The van der Waals surface area contributed by atoms with Gasteiger partial charge in [0, 0.05) is 18.4 Å². The van der Waals surface area contributed by atoms with Crippen LogP contribution in [0.5, 0.6) is 11.5 Å². The van der Waals surface area contributed by atoms with Gasteiger partial charge in [0.2, 0.25) is 0 Å². The van der Waals surface area contributed by atoms with Gasteiger partial charge in [0.05, 0.1) is 18.8 Å². The van der Waals surface area contributed by atoms with E-state index >= 15 is 0 Å². The van der Waals surface area contributed by atoms with Gasteiger partial charge >= 0.3 is 0 Å². The molecule has 0 unspecified atom stereocenters. The number of ketones is 1. The molecule has 23 heavy (non-hydrogen) atoms. The van der Waals surface area contributed by atoms with E-state index in [-0.39, 0.29) is 41.8 Å². The number of benzene rings is 1. The molecule has 0 radical (unpaired) electrons. The Balaban J connectivity index is 2.25. The number of aliphatic hydroxyl groups is 2. The van der Waals surface area contributed by atoms with Gasteiger partial charge in [-0.05, 0) is 35.8 Å². The second kappa shape index (κ2) is 5.21. The van der Waals surface area contributed by atoms with Crippen molar-refractivity contribution < 1.29 is 24.9 Å². The van der Waals surface area contributed by atoms with E-state index in [4.69, 9.17) is 4.74 Å². The van der Waals surface area contributed by atoms with E-state index in [1.807, 2.05) is 13.8 Å². The van der Waals surface area contributed by atoms with Crippen LogP contribution in [0.25, 0.3) is 0 Å². The van der Waals surface area contributed by atoms with Gasteiger partial charge in [0.15, 0.2) is 17.3 Å². The maximum Gasteiger partial charge on any atom is 0.168 e. The van der Waals surface area contributed by atoms with Crippen LogP contribution in [0.1, 0.15) is 49.0 Å². The van der Waals surface area contributed by atoms with Crippen LogP contribution in [0.15, 0.2) is 12.1 Å². The Morgan fingerprint density at radius 1 is 1.35 bits per heavy atom. The smallest absolute Gasteiger partial charge is 0.168 e. The summed E-state index contributed by atoms with van der Waals surface area (Å²) in [6.45, 7) is 3.89. The van der Waals surface area contributed by atoms with Crippen molar-refractivity contribution in [3.8, 4) is 11.5 Å². The quantitative estimate of drug-likeness (QED) is 0.776. The molecule has 3 N–H and O–H groups in total. The minimum Gasteiger partial charge on any atom is -0.504 e. The minimum absolute atomic E-state index is 0.0231. The fraction of sp³-hybridized carbons (Fsp3) is 0.611. The van der Waals surface area contributed by atoms with Crippen LogP contribution in [-0.2, 0) is 5.41 Å². The second-order valence-electron chi connectivity index (χ2n) is 7.37. The molecule has 5 nitrogen and oxygen atoms in total. The molecular formula is C18H24O5. The lowest BCUT2D eigenvalue weighted by molar-refractivity contribution is -0.0814. The minimum atomic E-state index is -0.678. The zero-order valence-electron chi connectivity index (χ0n) is 13.8. The molecule has 3 rings (SSSR count). The van der Waals surface area contributed by atoms with Crippen molar-refractivity contribution in [1.29, 1.82) is 0 Å². The van der Waals surface area contributed by atoms with Crippen LogP contribution in [0.2, 0.25) is 0 Å². The number of phenolic OH excluding ortho intramolecular Hbond substituents is 1. The van der Waals surface area contributed by atoms with Gasteiger partial charge in [0.1, 0.15) is 0 Å². The van der Waals surface area contributed by atoms with Gasteiger partial charge in [-0.1, -0.05) is 19.9 Å². The number of Topliss-reactive ketones (excluding diaryl/α,β-unsaturated/α-hetero) is 1. The number of aromatic hydroxyl groups is 1.